The Balaban J connectivity index is 1.73. The normalized spacial score (nSPS) is 26.5. The van der Waals surface area contributed by atoms with Crippen molar-refractivity contribution in [2.24, 2.45) is 0 Å². The van der Waals surface area contributed by atoms with Crippen LogP contribution in [0.3, 0.4) is 0 Å². The van der Waals surface area contributed by atoms with E-state index in [9.17, 15) is 9.90 Å². The molecule has 0 unspecified atom stereocenters. The van der Waals surface area contributed by atoms with Gasteiger partial charge in [-0.25, -0.2) is 0 Å². The van der Waals surface area contributed by atoms with Crippen LogP contribution in [0.15, 0.2) is 0 Å². The molecular formula is C9H16N2O2. The van der Waals surface area contributed by atoms with Crippen LogP contribution in [0.5, 0.6) is 0 Å². The molecule has 2 heterocycles. The second-order valence-corrected chi connectivity index (χ2v) is 4.38. The van der Waals surface area contributed by atoms with Crippen molar-refractivity contribution in [2.45, 2.75) is 18.9 Å². The van der Waals surface area contributed by atoms with Crippen LogP contribution >= 0.6 is 0 Å². The number of amides is 1. The summed E-state index contributed by atoms with van der Waals surface area (Å²) in [6.07, 6.45) is 1.21. The quantitative estimate of drug-likeness (QED) is 0.616. The Hall–Kier alpha value is -0.610. The summed E-state index contributed by atoms with van der Waals surface area (Å²) < 4.78 is 0. The molecule has 2 fully saturated rings. The summed E-state index contributed by atoms with van der Waals surface area (Å²) in [7, 11) is 0. The lowest BCUT2D eigenvalue weighted by molar-refractivity contribution is -0.154. The maximum Gasteiger partial charge on any atom is 0.236 e. The summed E-state index contributed by atoms with van der Waals surface area (Å²) >= 11 is 0. The third kappa shape index (κ3) is 1.84. The highest BCUT2D eigenvalue weighted by Gasteiger charge is 2.39. The number of hydrogen-bond donors (Lipinski definition) is 1. The Labute approximate surface area is 78.1 Å². The van der Waals surface area contributed by atoms with Crippen molar-refractivity contribution in [1.29, 1.82) is 0 Å². The molecule has 0 atom stereocenters. The number of rotatable bonds is 2. The first-order valence-corrected chi connectivity index (χ1v) is 4.79. The van der Waals surface area contributed by atoms with E-state index in [4.69, 9.17) is 0 Å². The van der Waals surface area contributed by atoms with Crippen molar-refractivity contribution in [3.05, 3.63) is 0 Å². The molecule has 2 aliphatic rings. The molecule has 74 valence electrons. The largest absolute Gasteiger partial charge is 0.386 e. The third-order valence-electron chi connectivity index (χ3n) is 2.72. The molecular weight excluding hydrogens is 168 g/mol. The summed E-state index contributed by atoms with van der Waals surface area (Å²) in [6.45, 7) is 5.40. The average Bonchev–Trinajstić information content (AvgIpc) is 1.91. The fourth-order valence-corrected chi connectivity index (χ4v) is 1.78. The minimum Gasteiger partial charge on any atom is -0.386 e. The Bertz CT molecular complexity index is 216. The minimum atomic E-state index is -0.634. The molecule has 0 saturated carbocycles. The molecule has 0 aliphatic carbocycles. The van der Waals surface area contributed by atoms with Gasteiger partial charge in [0.25, 0.3) is 0 Å². The van der Waals surface area contributed by atoms with E-state index < -0.39 is 5.60 Å². The van der Waals surface area contributed by atoms with Gasteiger partial charge >= 0.3 is 0 Å². The van der Waals surface area contributed by atoms with E-state index in [0.29, 0.717) is 19.6 Å². The third-order valence-corrected chi connectivity index (χ3v) is 2.72. The van der Waals surface area contributed by atoms with E-state index in [1.54, 1.807) is 11.8 Å². The number of aliphatic hydroxyl groups is 1. The summed E-state index contributed by atoms with van der Waals surface area (Å²) in [4.78, 5) is 15.3. The molecule has 1 amide bonds. The van der Waals surface area contributed by atoms with Crippen LogP contribution in [-0.4, -0.2) is 59.1 Å². The van der Waals surface area contributed by atoms with Crippen molar-refractivity contribution in [1.82, 2.24) is 9.80 Å². The molecule has 0 aromatic rings. The zero-order valence-corrected chi connectivity index (χ0v) is 7.99. The lowest BCUT2D eigenvalue weighted by Gasteiger charge is -2.45. The summed E-state index contributed by atoms with van der Waals surface area (Å²) in [5, 5.41) is 9.43. The van der Waals surface area contributed by atoms with Gasteiger partial charge in [-0.2, -0.15) is 0 Å². The van der Waals surface area contributed by atoms with E-state index in [1.807, 2.05) is 0 Å². The van der Waals surface area contributed by atoms with Gasteiger partial charge in [0.05, 0.1) is 25.2 Å². The van der Waals surface area contributed by atoms with Crippen molar-refractivity contribution < 1.29 is 9.90 Å². The summed E-state index contributed by atoms with van der Waals surface area (Å²) in [5.41, 5.74) is -0.634. The Morgan fingerprint density at radius 1 is 1.46 bits per heavy atom. The molecule has 0 bridgehead atoms. The molecule has 2 rings (SSSR count). The predicted molar refractivity (Wildman–Crippen MR) is 48.3 cm³/mol. The van der Waals surface area contributed by atoms with Gasteiger partial charge in [-0.1, -0.05) is 0 Å². The van der Waals surface area contributed by atoms with Crippen molar-refractivity contribution in [3.63, 3.8) is 0 Å². The number of nitrogens with zero attached hydrogens (tertiary/aromatic N) is 2. The Morgan fingerprint density at radius 2 is 2.08 bits per heavy atom. The van der Waals surface area contributed by atoms with Crippen molar-refractivity contribution in [2.75, 3.05) is 32.7 Å². The van der Waals surface area contributed by atoms with E-state index in [1.165, 1.54) is 6.42 Å². The zero-order valence-electron chi connectivity index (χ0n) is 7.99. The van der Waals surface area contributed by atoms with Crippen LogP contribution < -0.4 is 0 Å². The van der Waals surface area contributed by atoms with E-state index in [-0.39, 0.29) is 5.91 Å². The molecule has 0 aromatic carbocycles. The smallest absolute Gasteiger partial charge is 0.236 e. The van der Waals surface area contributed by atoms with Crippen LogP contribution in [0.25, 0.3) is 0 Å². The highest BCUT2D eigenvalue weighted by molar-refractivity contribution is 5.79. The number of likely N-dealkylation sites (tertiary alicyclic amines) is 2. The SMILES string of the molecule is CC1(O)CN(C(=O)CN2CCC2)C1. The van der Waals surface area contributed by atoms with Crippen LogP contribution in [0.2, 0.25) is 0 Å². The average molecular weight is 184 g/mol. The van der Waals surface area contributed by atoms with Crippen molar-refractivity contribution >= 4 is 5.91 Å². The molecule has 2 aliphatic heterocycles. The Kier molecular flexibility index (Phi) is 2.04. The van der Waals surface area contributed by atoms with E-state index in [2.05, 4.69) is 4.90 Å². The van der Waals surface area contributed by atoms with Gasteiger partial charge in [0.1, 0.15) is 0 Å². The first kappa shape index (κ1) is 8.97. The second kappa shape index (κ2) is 2.96. The standard InChI is InChI=1S/C9H16N2O2/c1-9(13)6-11(7-9)8(12)5-10-3-2-4-10/h13H,2-7H2,1H3. The zero-order chi connectivity index (χ0) is 9.47. The second-order valence-electron chi connectivity index (χ2n) is 4.38. The molecule has 1 N–H and O–H groups in total. The van der Waals surface area contributed by atoms with Gasteiger partial charge in [0, 0.05) is 0 Å². The highest BCUT2D eigenvalue weighted by atomic mass is 16.3. The molecule has 13 heavy (non-hydrogen) atoms. The molecule has 0 aromatic heterocycles. The highest BCUT2D eigenvalue weighted by Crippen LogP contribution is 2.20. The fourth-order valence-electron chi connectivity index (χ4n) is 1.78. The first-order valence-electron chi connectivity index (χ1n) is 4.79. The van der Waals surface area contributed by atoms with Gasteiger partial charge in [-0.05, 0) is 26.4 Å². The topological polar surface area (TPSA) is 43.8 Å². The number of β-amino-alcohol motifs (C(OH)–C–C–N with tert-alkyl or cyclic N) is 1. The Morgan fingerprint density at radius 3 is 2.46 bits per heavy atom. The minimum absolute atomic E-state index is 0.159. The van der Waals surface area contributed by atoms with Gasteiger partial charge < -0.3 is 10.0 Å². The predicted octanol–water partition coefficient (Wildman–Crippen LogP) is -0.715. The van der Waals surface area contributed by atoms with Gasteiger partial charge in [-0.15, -0.1) is 0 Å². The van der Waals surface area contributed by atoms with Gasteiger partial charge in [0.15, 0.2) is 0 Å². The molecule has 2 saturated heterocycles. The van der Waals surface area contributed by atoms with E-state index >= 15 is 0 Å². The maximum absolute atomic E-state index is 11.5. The lowest BCUT2D eigenvalue weighted by atomic mass is 9.97. The van der Waals surface area contributed by atoms with Gasteiger partial charge in [-0.3, -0.25) is 9.69 Å². The van der Waals surface area contributed by atoms with Crippen LogP contribution in [0.1, 0.15) is 13.3 Å². The number of carbonyl (C=O) groups excluding carboxylic acids is 1. The van der Waals surface area contributed by atoms with Crippen molar-refractivity contribution in [3.8, 4) is 0 Å². The summed E-state index contributed by atoms with van der Waals surface area (Å²) in [5.74, 6) is 0.159. The van der Waals surface area contributed by atoms with Crippen LogP contribution in [0.4, 0.5) is 0 Å². The first-order chi connectivity index (χ1) is 6.07. The summed E-state index contributed by atoms with van der Waals surface area (Å²) in [6, 6.07) is 0. The lowest BCUT2D eigenvalue weighted by Crippen LogP contribution is -2.63. The number of hydrogen-bond acceptors (Lipinski definition) is 3. The van der Waals surface area contributed by atoms with E-state index in [0.717, 1.165) is 13.1 Å². The molecule has 4 heteroatoms. The van der Waals surface area contributed by atoms with Gasteiger partial charge in [0.2, 0.25) is 5.91 Å². The molecule has 0 spiro atoms. The monoisotopic (exact) mass is 184 g/mol. The molecule has 4 nitrogen and oxygen atoms in total. The van der Waals surface area contributed by atoms with Crippen LogP contribution in [-0.2, 0) is 4.79 Å². The number of carbonyl (C=O) groups is 1. The fraction of sp³-hybridized carbons (Fsp3) is 0.889. The maximum atomic E-state index is 11.5. The molecule has 0 radical (unpaired) electrons. The van der Waals surface area contributed by atoms with Crippen LogP contribution in [0, 0.1) is 0 Å².